The average Bonchev–Trinajstić information content (AvgIpc) is 2.51. The van der Waals surface area contributed by atoms with E-state index in [1.807, 2.05) is 0 Å². The molecule has 8 heteroatoms. The standard InChI is InChI=1S/C14H18F2N2O3S/c1-2-22(20,21)18-7-3-4-10(9-18)14(19)17-11-5-6-12(15)13(16)8-11/h5-6,8,10H,2-4,7,9H2,1H3,(H,17,19)/t10-/m0/s1. The highest BCUT2D eigenvalue weighted by molar-refractivity contribution is 7.89. The first-order valence-electron chi connectivity index (χ1n) is 7.07. The van der Waals surface area contributed by atoms with Crippen LogP contribution in [0.1, 0.15) is 19.8 Å². The van der Waals surface area contributed by atoms with Crippen LogP contribution in [0.5, 0.6) is 0 Å². The molecule has 1 atom stereocenters. The number of hydrogen-bond donors (Lipinski definition) is 1. The number of hydrogen-bond acceptors (Lipinski definition) is 3. The number of carbonyl (C=O) groups excluding carboxylic acids is 1. The van der Waals surface area contributed by atoms with Gasteiger partial charge in [-0.25, -0.2) is 21.5 Å². The molecule has 1 N–H and O–H groups in total. The van der Waals surface area contributed by atoms with Gasteiger partial charge in [-0.15, -0.1) is 0 Å². The average molecular weight is 332 g/mol. The zero-order valence-corrected chi connectivity index (χ0v) is 13.0. The van der Waals surface area contributed by atoms with Gasteiger partial charge < -0.3 is 5.32 Å². The summed E-state index contributed by atoms with van der Waals surface area (Å²) in [6.45, 7) is 2.08. The van der Waals surface area contributed by atoms with Gasteiger partial charge in [0.05, 0.1) is 11.7 Å². The molecule has 0 spiro atoms. The number of carbonyl (C=O) groups is 1. The summed E-state index contributed by atoms with van der Waals surface area (Å²) in [4.78, 5) is 12.2. The fourth-order valence-corrected chi connectivity index (χ4v) is 3.59. The molecular weight excluding hydrogens is 314 g/mol. The molecule has 1 aromatic carbocycles. The van der Waals surface area contributed by atoms with Crippen LogP contribution >= 0.6 is 0 Å². The highest BCUT2D eigenvalue weighted by Crippen LogP contribution is 2.22. The van der Waals surface area contributed by atoms with E-state index >= 15 is 0 Å². The molecule has 0 aromatic heterocycles. The quantitative estimate of drug-likeness (QED) is 0.917. The third kappa shape index (κ3) is 3.80. The maximum Gasteiger partial charge on any atom is 0.228 e. The van der Waals surface area contributed by atoms with Crippen LogP contribution < -0.4 is 5.32 Å². The molecule has 5 nitrogen and oxygen atoms in total. The second kappa shape index (κ2) is 6.70. The lowest BCUT2D eigenvalue weighted by Gasteiger charge is -2.30. The molecule has 0 saturated carbocycles. The zero-order valence-electron chi connectivity index (χ0n) is 12.2. The number of rotatable bonds is 4. The molecular formula is C14H18F2N2O3S. The van der Waals surface area contributed by atoms with E-state index in [4.69, 9.17) is 0 Å². The van der Waals surface area contributed by atoms with Gasteiger partial charge in [0.1, 0.15) is 0 Å². The van der Waals surface area contributed by atoms with Gasteiger partial charge in [0.2, 0.25) is 15.9 Å². The van der Waals surface area contributed by atoms with Gasteiger partial charge in [0, 0.05) is 24.8 Å². The minimum atomic E-state index is -3.33. The molecule has 1 aliphatic heterocycles. The van der Waals surface area contributed by atoms with Crippen LogP contribution in [0.25, 0.3) is 0 Å². The van der Waals surface area contributed by atoms with Crippen molar-refractivity contribution in [2.45, 2.75) is 19.8 Å². The van der Waals surface area contributed by atoms with Crippen LogP contribution in [0.2, 0.25) is 0 Å². The topological polar surface area (TPSA) is 66.5 Å². The molecule has 1 heterocycles. The molecule has 2 rings (SSSR count). The Labute approximate surface area is 128 Å². The summed E-state index contributed by atoms with van der Waals surface area (Å²) in [5, 5.41) is 2.50. The van der Waals surface area contributed by atoms with E-state index in [0.717, 1.165) is 12.1 Å². The lowest BCUT2D eigenvalue weighted by molar-refractivity contribution is -0.120. The fraction of sp³-hybridized carbons (Fsp3) is 0.500. The summed E-state index contributed by atoms with van der Waals surface area (Å²) in [6, 6.07) is 3.09. The summed E-state index contributed by atoms with van der Waals surface area (Å²) < 4.78 is 51.0. The number of anilines is 1. The van der Waals surface area contributed by atoms with Gasteiger partial charge in [-0.3, -0.25) is 4.79 Å². The van der Waals surface area contributed by atoms with Crippen molar-refractivity contribution in [1.29, 1.82) is 0 Å². The second-order valence-electron chi connectivity index (χ2n) is 5.22. The first-order valence-corrected chi connectivity index (χ1v) is 8.68. The van der Waals surface area contributed by atoms with Crippen molar-refractivity contribution in [1.82, 2.24) is 4.31 Å². The third-order valence-corrected chi connectivity index (χ3v) is 5.55. The molecule has 0 aliphatic carbocycles. The molecule has 1 amide bonds. The molecule has 1 aromatic rings. The molecule has 1 fully saturated rings. The number of nitrogens with one attached hydrogen (secondary N) is 1. The van der Waals surface area contributed by atoms with E-state index in [2.05, 4.69) is 5.32 Å². The maximum atomic E-state index is 13.1. The van der Waals surface area contributed by atoms with Crippen LogP contribution in [0.4, 0.5) is 14.5 Å². The van der Waals surface area contributed by atoms with Crippen LogP contribution in [0, 0.1) is 17.6 Å². The van der Waals surface area contributed by atoms with E-state index in [0.29, 0.717) is 19.4 Å². The third-order valence-electron chi connectivity index (χ3n) is 3.70. The van der Waals surface area contributed by atoms with Crippen LogP contribution in [-0.4, -0.2) is 37.5 Å². The summed E-state index contributed by atoms with van der Waals surface area (Å²) in [6.07, 6.45) is 1.15. The van der Waals surface area contributed by atoms with E-state index in [-0.39, 0.29) is 23.9 Å². The van der Waals surface area contributed by atoms with E-state index in [1.54, 1.807) is 6.92 Å². The van der Waals surface area contributed by atoms with Gasteiger partial charge >= 0.3 is 0 Å². The Morgan fingerprint density at radius 3 is 2.73 bits per heavy atom. The first kappa shape index (κ1) is 16.8. The SMILES string of the molecule is CCS(=O)(=O)N1CCC[C@H](C(=O)Nc2ccc(F)c(F)c2)C1. The molecule has 122 valence electrons. The van der Waals surface area contributed by atoms with Gasteiger partial charge in [-0.05, 0) is 31.9 Å². The number of amides is 1. The highest BCUT2D eigenvalue weighted by Gasteiger charge is 2.31. The summed E-state index contributed by atoms with van der Waals surface area (Å²) in [7, 11) is -3.33. The Kier molecular flexibility index (Phi) is 5.12. The smallest absolute Gasteiger partial charge is 0.228 e. The predicted molar refractivity (Wildman–Crippen MR) is 78.7 cm³/mol. The second-order valence-corrected chi connectivity index (χ2v) is 7.47. The minimum absolute atomic E-state index is 0.00941. The van der Waals surface area contributed by atoms with Crippen molar-refractivity contribution < 1.29 is 22.0 Å². The predicted octanol–water partition coefficient (Wildman–Crippen LogP) is 1.96. The van der Waals surface area contributed by atoms with Crippen molar-refractivity contribution >= 4 is 21.6 Å². The summed E-state index contributed by atoms with van der Waals surface area (Å²) in [5.41, 5.74) is 0.152. The van der Waals surface area contributed by atoms with Crippen LogP contribution in [-0.2, 0) is 14.8 Å². The lowest BCUT2D eigenvalue weighted by atomic mass is 9.98. The minimum Gasteiger partial charge on any atom is -0.326 e. The van der Waals surface area contributed by atoms with E-state index in [1.165, 1.54) is 10.4 Å². The first-order chi connectivity index (χ1) is 10.3. The molecule has 0 radical (unpaired) electrons. The molecule has 22 heavy (non-hydrogen) atoms. The van der Waals surface area contributed by atoms with Gasteiger partial charge in [-0.2, -0.15) is 0 Å². The number of piperidine rings is 1. The number of halogens is 2. The Bertz CT molecular complexity index is 664. The Morgan fingerprint density at radius 2 is 2.09 bits per heavy atom. The maximum absolute atomic E-state index is 13.1. The van der Waals surface area contributed by atoms with Crippen LogP contribution in [0.15, 0.2) is 18.2 Å². The molecule has 1 saturated heterocycles. The van der Waals surface area contributed by atoms with Crippen molar-refractivity contribution in [3.05, 3.63) is 29.8 Å². The van der Waals surface area contributed by atoms with Crippen molar-refractivity contribution in [2.75, 3.05) is 24.2 Å². The van der Waals surface area contributed by atoms with Crippen molar-refractivity contribution in [3.63, 3.8) is 0 Å². The van der Waals surface area contributed by atoms with E-state index in [9.17, 15) is 22.0 Å². The number of benzene rings is 1. The molecule has 0 unspecified atom stereocenters. The normalized spacial score (nSPS) is 19.9. The zero-order chi connectivity index (χ0) is 16.3. The highest BCUT2D eigenvalue weighted by atomic mass is 32.2. The van der Waals surface area contributed by atoms with Crippen LogP contribution in [0.3, 0.4) is 0 Å². The Morgan fingerprint density at radius 1 is 1.36 bits per heavy atom. The van der Waals surface area contributed by atoms with Gasteiger partial charge in [0.15, 0.2) is 11.6 Å². The van der Waals surface area contributed by atoms with Gasteiger partial charge in [-0.1, -0.05) is 0 Å². The number of nitrogens with zero attached hydrogens (tertiary/aromatic N) is 1. The lowest BCUT2D eigenvalue weighted by Crippen LogP contribution is -2.44. The van der Waals surface area contributed by atoms with Crippen molar-refractivity contribution in [2.24, 2.45) is 5.92 Å². The Hall–Kier alpha value is -1.54. The monoisotopic (exact) mass is 332 g/mol. The summed E-state index contributed by atoms with van der Waals surface area (Å²) in [5.74, 6) is -2.93. The summed E-state index contributed by atoms with van der Waals surface area (Å²) >= 11 is 0. The Balaban J connectivity index is 2.04. The van der Waals surface area contributed by atoms with E-state index < -0.39 is 27.6 Å². The van der Waals surface area contributed by atoms with Crippen molar-refractivity contribution in [3.8, 4) is 0 Å². The van der Waals surface area contributed by atoms with Gasteiger partial charge in [0.25, 0.3) is 0 Å². The molecule has 0 bridgehead atoms. The molecule has 1 aliphatic rings. The largest absolute Gasteiger partial charge is 0.326 e. The number of sulfonamides is 1. The fourth-order valence-electron chi connectivity index (χ4n) is 2.41.